The Kier molecular flexibility index (Phi) is 8.69. The minimum absolute atomic E-state index is 0.0413. The number of carbonyl (C=O) groups is 1. The Morgan fingerprint density at radius 3 is 2.27 bits per heavy atom. The van der Waals surface area contributed by atoms with Crippen molar-refractivity contribution in [3.8, 4) is 10.6 Å². The molecule has 1 amide bonds. The summed E-state index contributed by atoms with van der Waals surface area (Å²) < 4.78 is 80.8. The molecule has 0 fully saturated rings. The second-order valence-corrected chi connectivity index (χ2v) is 9.83. The summed E-state index contributed by atoms with van der Waals surface area (Å²) in [5.41, 5.74) is -0.874. The molecule has 0 aliphatic rings. The summed E-state index contributed by atoms with van der Waals surface area (Å²) in [6.07, 6.45) is -9.49. The van der Waals surface area contributed by atoms with Crippen molar-refractivity contribution in [2.45, 2.75) is 58.7 Å². The van der Waals surface area contributed by atoms with E-state index in [0.29, 0.717) is 23.4 Å². The Morgan fingerprint density at radius 2 is 1.68 bits per heavy atom. The summed E-state index contributed by atoms with van der Waals surface area (Å²) in [6.45, 7) is 8.65. The van der Waals surface area contributed by atoms with Crippen LogP contribution < -0.4 is 5.32 Å². The molecule has 200 valence electrons. The SMILES string of the molecule is CCN(Cc1ccccc1-c1nc(C(F)(F)F)c(C(=O)NC(C)c2cccc(C(F)(F)F)c2)s1)C(C)C. The third kappa shape index (κ3) is 6.89. The number of hydrogen-bond acceptors (Lipinski definition) is 4. The number of carbonyl (C=O) groups excluding carboxylic acids is 1. The molecule has 11 heteroatoms. The largest absolute Gasteiger partial charge is 0.435 e. The molecule has 0 spiro atoms. The van der Waals surface area contributed by atoms with E-state index in [9.17, 15) is 31.1 Å². The molecule has 1 aromatic heterocycles. The highest BCUT2D eigenvalue weighted by Crippen LogP contribution is 2.39. The number of aromatic nitrogens is 1. The number of nitrogens with zero attached hydrogens (tertiary/aromatic N) is 2. The standard InChI is InChI=1S/C26H27F6N3OS/c1-5-35(15(2)3)14-18-9-6-7-12-20(18)24-34-22(26(30,31)32)21(37-24)23(36)33-16(4)17-10-8-11-19(13-17)25(27,28)29/h6-13,15-16H,5,14H2,1-4H3,(H,33,36). The first-order valence-electron chi connectivity index (χ1n) is 11.6. The lowest BCUT2D eigenvalue weighted by Crippen LogP contribution is -2.30. The van der Waals surface area contributed by atoms with E-state index in [-0.39, 0.29) is 16.6 Å². The van der Waals surface area contributed by atoms with Crippen LogP contribution in [0.3, 0.4) is 0 Å². The molecule has 3 aromatic rings. The molecular weight excluding hydrogens is 516 g/mol. The fourth-order valence-corrected chi connectivity index (χ4v) is 4.91. The van der Waals surface area contributed by atoms with Crippen molar-refractivity contribution in [2.24, 2.45) is 0 Å². The second kappa shape index (κ2) is 11.2. The van der Waals surface area contributed by atoms with Gasteiger partial charge in [0.25, 0.3) is 5.91 Å². The van der Waals surface area contributed by atoms with Crippen molar-refractivity contribution in [3.63, 3.8) is 0 Å². The van der Waals surface area contributed by atoms with E-state index in [0.717, 1.165) is 24.2 Å². The van der Waals surface area contributed by atoms with Crippen LogP contribution in [0.4, 0.5) is 26.3 Å². The van der Waals surface area contributed by atoms with Gasteiger partial charge in [-0.05, 0) is 50.6 Å². The predicted molar refractivity (Wildman–Crippen MR) is 131 cm³/mol. The molecule has 3 rings (SSSR count). The van der Waals surface area contributed by atoms with Crippen LogP contribution >= 0.6 is 11.3 Å². The molecular formula is C26H27F6N3OS. The molecule has 0 aliphatic carbocycles. The number of benzene rings is 2. The van der Waals surface area contributed by atoms with E-state index in [1.165, 1.54) is 19.1 Å². The van der Waals surface area contributed by atoms with E-state index >= 15 is 0 Å². The number of hydrogen-bond donors (Lipinski definition) is 1. The Labute approximate surface area is 215 Å². The minimum Gasteiger partial charge on any atom is -0.345 e. The molecule has 1 atom stereocenters. The van der Waals surface area contributed by atoms with Gasteiger partial charge in [-0.25, -0.2) is 4.98 Å². The number of rotatable bonds is 8. The highest BCUT2D eigenvalue weighted by molar-refractivity contribution is 7.17. The van der Waals surface area contributed by atoms with Crippen LogP contribution in [0.1, 0.15) is 65.8 Å². The fourth-order valence-electron chi connectivity index (χ4n) is 3.86. The molecule has 0 saturated heterocycles. The van der Waals surface area contributed by atoms with Crippen molar-refractivity contribution in [1.29, 1.82) is 0 Å². The van der Waals surface area contributed by atoms with Gasteiger partial charge in [0.05, 0.1) is 11.6 Å². The van der Waals surface area contributed by atoms with E-state index in [2.05, 4.69) is 15.2 Å². The summed E-state index contributed by atoms with van der Waals surface area (Å²) in [7, 11) is 0. The van der Waals surface area contributed by atoms with Crippen LogP contribution in [-0.2, 0) is 18.9 Å². The summed E-state index contributed by atoms with van der Waals surface area (Å²) in [6, 6.07) is 10.5. The van der Waals surface area contributed by atoms with Crippen LogP contribution in [-0.4, -0.2) is 28.4 Å². The zero-order valence-electron chi connectivity index (χ0n) is 20.7. The maximum absolute atomic E-state index is 13.9. The number of nitrogens with one attached hydrogen (secondary N) is 1. The van der Waals surface area contributed by atoms with Crippen molar-refractivity contribution in [3.05, 3.63) is 75.8 Å². The van der Waals surface area contributed by atoms with E-state index < -0.39 is 40.4 Å². The number of amides is 1. The van der Waals surface area contributed by atoms with E-state index in [4.69, 9.17) is 0 Å². The first-order valence-corrected chi connectivity index (χ1v) is 12.4. The maximum atomic E-state index is 13.9. The fraction of sp³-hybridized carbons (Fsp3) is 0.385. The van der Waals surface area contributed by atoms with Crippen LogP contribution in [0.25, 0.3) is 10.6 Å². The number of halogens is 6. The zero-order valence-corrected chi connectivity index (χ0v) is 21.5. The number of alkyl halides is 6. The van der Waals surface area contributed by atoms with Gasteiger partial charge >= 0.3 is 12.4 Å². The van der Waals surface area contributed by atoms with Crippen molar-refractivity contribution >= 4 is 17.2 Å². The van der Waals surface area contributed by atoms with Gasteiger partial charge in [0.1, 0.15) is 9.88 Å². The normalized spacial score (nSPS) is 13.3. The highest BCUT2D eigenvalue weighted by atomic mass is 32.1. The van der Waals surface area contributed by atoms with Crippen LogP contribution in [0, 0.1) is 0 Å². The maximum Gasteiger partial charge on any atom is 0.435 e. The zero-order chi connectivity index (χ0) is 27.5. The molecule has 0 bridgehead atoms. The van der Waals surface area contributed by atoms with Gasteiger partial charge in [-0.1, -0.05) is 43.3 Å². The Bertz CT molecular complexity index is 1240. The van der Waals surface area contributed by atoms with Gasteiger partial charge in [-0.2, -0.15) is 26.3 Å². The van der Waals surface area contributed by atoms with E-state index in [1.54, 1.807) is 18.2 Å². The van der Waals surface area contributed by atoms with Gasteiger partial charge in [0.2, 0.25) is 0 Å². The molecule has 4 nitrogen and oxygen atoms in total. The quantitative estimate of drug-likeness (QED) is 0.298. The summed E-state index contributed by atoms with van der Waals surface area (Å²) in [4.78, 5) is 18.2. The van der Waals surface area contributed by atoms with Crippen LogP contribution in [0.15, 0.2) is 48.5 Å². The third-order valence-corrected chi connectivity index (χ3v) is 7.01. The third-order valence-electron chi connectivity index (χ3n) is 5.92. The van der Waals surface area contributed by atoms with Crippen LogP contribution in [0.5, 0.6) is 0 Å². The minimum atomic E-state index is -4.90. The van der Waals surface area contributed by atoms with Crippen molar-refractivity contribution in [2.75, 3.05) is 6.54 Å². The molecule has 2 aromatic carbocycles. The van der Waals surface area contributed by atoms with Gasteiger partial charge < -0.3 is 5.32 Å². The van der Waals surface area contributed by atoms with Crippen LogP contribution in [0.2, 0.25) is 0 Å². The Morgan fingerprint density at radius 1 is 1.00 bits per heavy atom. The first kappa shape index (κ1) is 28.6. The number of thiazole rings is 1. The van der Waals surface area contributed by atoms with Gasteiger partial charge in [-0.3, -0.25) is 9.69 Å². The average molecular weight is 544 g/mol. The topological polar surface area (TPSA) is 45.2 Å². The first-order chi connectivity index (χ1) is 17.2. The molecule has 1 heterocycles. The molecule has 37 heavy (non-hydrogen) atoms. The Hall–Kier alpha value is -2.92. The molecule has 1 N–H and O–H groups in total. The molecule has 0 radical (unpaired) electrons. The lowest BCUT2D eigenvalue weighted by Gasteiger charge is -2.25. The van der Waals surface area contributed by atoms with Crippen molar-refractivity contribution < 1.29 is 31.1 Å². The second-order valence-electron chi connectivity index (χ2n) is 8.83. The lowest BCUT2D eigenvalue weighted by molar-refractivity contribution is -0.141. The summed E-state index contributed by atoms with van der Waals surface area (Å²) in [5.74, 6) is -1.06. The van der Waals surface area contributed by atoms with Gasteiger partial charge in [0.15, 0.2) is 5.69 Å². The van der Waals surface area contributed by atoms with Crippen molar-refractivity contribution in [1.82, 2.24) is 15.2 Å². The Balaban J connectivity index is 1.96. The van der Waals surface area contributed by atoms with E-state index in [1.807, 2.05) is 26.8 Å². The highest BCUT2D eigenvalue weighted by Gasteiger charge is 2.40. The molecule has 0 saturated carbocycles. The lowest BCUT2D eigenvalue weighted by atomic mass is 10.0. The summed E-state index contributed by atoms with van der Waals surface area (Å²) >= 11 is 0.608. The molecule has 1 unspecified atom stereocenters. The smallest absolute Gasteiger partial charge is 0.345 e. The molecule has 0 aliphatic heterocycles. The van der Waals surface area contributed by atoms with Gasteiger partial charge in [0, 0.05) is 18.2 Å². The van der Waals surface area contributed by atoms with Gasteiger partial charge in [-0.15, -0.1) is 11.3 Å². The predicted octanol–water partition coefficient (Wildman–Crippen LogP) is 7.57. The monoisotopic (exact) mass is 543 g/mol. The average Bonchev–Trinajstić information content (AvgIpc) is 3.28. The summed E-state index contributed by atoms with van der Waals surface area (Å²) in [5, 5.41) is 2.44.